The summed E-state index contributed by atoms with van der Waals surface area (Å²) in [7, 11) is 1.46. The fraction of sp³-hybridized carbons (Fsp3) is 0.316. The lowest BCUT2D eigenvalue weighted by Crippen LogP contribution is -2.42. The number of halogens is 1. The zero-order chi connectivity index (χ0) is 18.0. The molecule has 6 heteroatoms. The van der Waals surface area contributed by atoms with Gasteiger partial charge in [-0.05, 0) is 30.2 Å². The number of urea groups is 1. The molecule has 0 aliphatic heterocycles. The van der Waals surface area contributed by atoms with Gasteiger partial charge >= 0.3 is 6.03 Å². The molecule has 2 amide bonds. The predicted molar refractivity (Wildman–Crippen MR) is 91.9 cm³/mol. The van der Waals surface area contributed by atoms with Crippen molar-refractivity contribution in [2.45, 2.75) is 31.5 Å². The molecule has 3 atom stereocenters. The standard InChI is InChI=1S/C19H21FN2O3/c1-11(17-14(20)8-5-9-16(17)25-2)21-19(24)22-18-13-7-4-3-6-12(13)10-15(18)23/h3-9,11,15,18,23H,10H2,1-2H3,(H2,21,22,24). The number of aliphatic hydroxyl groups is 1. The molecule has 0 saturated carbocycles. The second-order valence-corrected chi connectivity index (χ2v) is 6.14. The lowest BCUT2D eigenvalue weighted by Gasteiger charge is -2.22. The summed E-state index contributed by atoms with van der Waals surface area (Å²) in [5, 5.41) is 15.7. The van der Waals surface area contributed by atoms with Crippen LogP contribution in [-0.2, 0) is 6.42 Å². The number of methoxy groups -OCH3 is 1. The molecule has 132 valence electrons. The molecule has 25 heavy (non-hydrogen) atoms. The summed E-state index contributed by atoms with van der Waals surface area (Å²) in [4.78, 5) is 12.4. The Labute approximate surface area is 145 Å². The van der Waals surface area contributed by atoms with Crippen LogP contribution in [0.25, 0.3) is 0 Å². The van der Waals surface area contributed by atoms with E-state index in [-0.39, 0.29) is 5.56 Å². The van der Waals surface area contributed by atoms with Crippen molar-refractivity contribution in [3.63, 3.8) is 0 Å². The van der Waals surface area contributed by atoms with E-state index in [0.29, 0.717) is 12.2 Å². The first-order valence-corrected chi connectivity index (χ1v) is 8.16. The Hall–Kier alpha value is -2.60. The van der Waals surface area contributed by atoms with Crippen molar-refractivity contribution >= 4 is 6.03 Å². The Balaban J connectivity index is 1.71. The minimum atomic E-state index is -0.679. The Morgan fingerprint density at radius 2 is 2.04 bits per heavy atom. The van der Waals surface area contributed by atoms with E-state index in [2.05, 4.69) is 10.6 Å². The van der Waals surface area contributed by atoms with E-state index in [1.807, 2.05) is 24.3 Å². The second-order valence-electron chi connectivity index (χ2n) is 6.14. The average Bonchev–Trinajstić information content (AvgIpc) is 2.90. The number of ether oxygens (including phenoxy) is 1. The summed E-state index contributed by atoms with van der Waals surface area (Å²) in [6.45, 7) is 1.68. The van der Waals surface area contributed by atoms with Gasteiger partial charge in [0.25, 0.3) is 0 Å². The summed E-state index contributed by atoms with van der Waals surface area (Å²) in [6, 6.07) is 10.6. The Bertz CT molecular complexity index is 781. The molecule has 5 nitrogen and oxygen atoms in total. The maximum Gasteiger partial charge on any atom is 0.315 e. The molecular weight excluding hydrogens is 323 g/mol. The van der Waals surface area contributed by atoms with Crippen molar-refractivity contribution in [2.75, 3.05) is 7.11 Å². The van der Waals surface area contributed by atoms with Crippen molar-refractivity contribution in [2.24, 2.45) is 0 Å². The van der Waals surface area contributed by atoms with Crippen molar-refractivity contribution in [1.29, 1.82) is 0 Å². The zero-order valence-corrected chi connectivity index (χ0v) is 14.1. The molecular formula is C19H21FN2O3. The van der Waals surface area contributed by atoms with Crippen LogP contribution in [0.4, 0.5) is 9.18 Å². The molecule has 0 spiro atoms. The number of nitrogens with one attached hydrogen (secondary N) is 2. The summed E-state index contributed by atoms with van der Waals surface area (Å²) < 4.78 is 19.3. The summed E-state index contributed by atoms with van der Waals surface area (Å²) in [5.74, 6) is -0.0718. The van der Waals surface area contributed by atoms with Crippen LogP contribution in [0, 0.1) is 5.82 Å². The van der Waals surface area contributed by atoms with Gasteiger partial charge in [-0.2, -0.15) is 0 Å². The highest BCUT2D eigenvalue weighted by Gasteiger charge is 2.32. The molecule has 0 bridgehead atoms. The van der Waals surface area contributed by atoms with E-state index >= 15 is 0 Å². The molecule has 1 aliphatic rings. The smallest absolute Gasteiger partial charge is 0.315 e. The van der Waals surface area contributed by atoms with Crippen LogP contribution in [0.15, 0.2) is 42.5 Å². The van der Waals surface area contributed by atoms with E-state index in [4.69, 9.17) is 4.74 Å². The molecule has 2 aromatic carbocycles. The third-order valence-corrected chi connectivity index (χ3v) is 4.50. The van der Waals surface area contributed by atoms with Gasteiger partial charge in [-0.15, -0.1) is 0 Å². The Morgan fingerprint density at radius 1 is 1.28 bits per heavy atom. The maximum absolute atomic E-state index is 14.1. The van der Waals surface area contributed by atoms with Crippen LogP contribution in [0.5, 0.6) is 5.75 Å². The molecule has 3 N–H and O–H groups in total. The van der Waals surface area contributed by atoms with Crippen LogP contribution in [0.3, 0.4) is 0 Å². The number of hydrogen-bond acceptors (Lipinski definition) is 3. The van der Waals surface area contributed by atoms with Gasteiger partial charge in [0.15, 0.2) is 0 Å². The van der Waals surface area contributed by atoms with Crippen LogP contribution in [0.2, 0.25) is 0 Å². The zero-order valence-electron chi connectivity index (χ0n) is 14.1. The third-order valence-electron chi connectivity index (χ3n) is 4.50. The number of benzene rings is 2. The monoisotopic (exact) mass is 344 g/mol. The molecule has 0 radical (unpaired) electrons. The van der Waals surface area contributed by atoms with Gasteiger partial charge in [-0.3, -0.25) is 0 Å². The number of aliphatic hydroxyl groups excluding tert-OH is 1. The highest BCUT2D eigenvalue weighted by Crippen LogP contribution is 2.31. The third kappa shape index (κ3) is 3.44. The fourth-order valence-corrected chi connectivity index (χ4v) is 3.32. The molecule has 1 aliphatic carbocycles. The minimum Gasteiger partial charge on any atom is -0.496 e. The molecule has 3 rings (SSSR count). The highest BCUT2D eigenvalue weighted by molar-refractivity contribution is 5.75. The quantitative estimate of drug-likeness (QED) is 0.799. The van der Waals surface area contributed by atoms with Gasteiger partial charge in [0.05, 0.1) is 30.9 Å². The van der Waals surface area contributed by atoms with Crippen molar-refractivity contribution in [3.05, 3.63) is 65.0 Å². The van der Waals surface area contributed by atoms with E-state index in [1.54, 1.807) is 19.1 Å². The lowest BCUT2D eigenvalue weighted by atomic mass is 10.1. The number of amides is 2. The first kappa shape index (κ1) is 17.2. The number of carbonyl (C=O) groups excluding carboxylic acids is 1. The minimum absolute atomic E-state index is 0.285. The van der Waals surface area contributed by atoms with Crippen LogP contribution < -0.4 is 15.4 Å². The molecule has 0 fully saturated rings. The first-order chi connectivity index (χ1) is 12.0. The van der Waals surface area contributed by atoms with E-state index in [9.17, 15) is 14.3 Å². The van der Waals surface area contributed by atoms with E-state index < -0.39 is 30.0 Å². The van der Waals surface area contributed by atoms with Crippen LogP contribution in [-0.4, -0.2) is 24.4 Å². The highest BCUT2D eigenvalue weighted by atomic mass is 19.1. The van der Waals surface area contributed by atoms with Gasteiger partial charge in [0.1, 0.15) is 11.6 Å². The Morgan fingerprint density at radius 3 is 2.80 bits per heavy atom. The van der Waals surface area contributed by atoms with Crippen LogP contribution in [0.1, 0.15) is 35.7 Å². The first-order valence-electron chi connectivity index (χ1n) is 8.16. The van der Waals surface area contributed by atoms with Crippen molar-refractivity contribution in [1.82, 2.24) is 10.6 Å². The van der Waals surface area contributed by atoms with Gasteiger partial charge in [-0.25, -0.2) is 9.18 Å². The predicted octanol–water partition coefficient (Wildman–Crippen LogP) is 2.85. The number of hydrogen-bond donors (Lipinski definition) is 3. The maximum atomic E-state index is 14.1. The normalized spacial score (nSPS) is 19.8. The largest absolute Gasteiger partial charge is 0.496 e. The lowest BCUT2D eigenvalue weighted by molar-refractivity contribution is 0.142. The number of carbonyl (C=O) groups is 1. The molecule has 0 heterocycles. The second kappa shape index (κ2) is 7.11. The fourth-order valence-electron chi connectivity index (χ4n) is 3.32. The molecule has 0 aromatic heterocycles. The molecule has 3 unspecified atom stereocenters. The number of fused-ring (bicyclic) bond motifs is 1. The summed E-state index contributed by atoms with van der Waals surface area (Å²) >= 11 is 0. The van der Waals surface area contributed by atoms with Gasteiger partial charge in [0, 0.05) is 6.42 Å². The van der Waals surface area contributed by atoms with Crippen molar-refractivity contribution < 1.29 is 19.0 Å². The van der Waals surface area contributed by atoms with Crippen LogP contribution >= 0.6 is 0 Å². The SMILES string of the molecule is COc1cccc(F)c1C(C)NC(=O)NC1c2ccccc2CC1O. The van der Waals surface area contributed by atoms with Crippen molar-refractivity contribution in [3.8, 4) is 5.75 Å². The van der Waals surface area contributed by atoms with E-state index in [0.717, 1.165) is 11.1 Å². The average molecular weight is 344 g/mol. The topological polar surface area (TPSA) is 70.6 Å². The number of rotatable bonds is 4. The summed E-state index contributed by atoms with van der Waals surface area (Å²) in [5.41, 5.74) is 2.21. The van der Waals surface area contributed by atoms with Gasteiger partial charge in [0.2, 0.25) is 0 Å². The molecule has 0 saturated heterocycles. The Kier molecular flexibility index (Phi) is 4.90. The summed E-state index contributed by atoms with van der Waals surface area (Å²) in [6.07, 6.45) is -0.181. The van der Waals surface area contributed by atoms with Gasteiger partial charge in [-0.1, -0.05) is 30.3 Å². The van der Waals surface area contributed by atoms with Gasteiger partial charge < -0.3 is 20.5 Å². The molecule has 2 aromatic rings. The van der Waals surface area contributed by atoms with E-state index in [1.165, 1.54) is 13.2 Å².